The third-order valence-electron chi connectivity index (χ3n) is 3.50. The van der Waals surface area contributed by atoms with Crippen molar-refractivity contribution in [3.8, 4) is 0 Å². The Kier molecular flexibility index (Phi) is 14.6. The van der Waals surface area contributed by atoms with Gasteiger partial charge < -0.3 is 24.5 Å². The predicted molar refractivity (Wildman–Crippen MR) is 80.0 cm³/mol. The summed E-state index contributed by atoms with van der Waals surface area (Å²) in [6, 6.07) is 0. The number of rotatable bonds is 11. The Morgan fingerprint density at radius 3 is 2.00 bits per heavy atom. The number of carboxylic acid groups (broad SMARTS) is 1. The summed E-state index contributed by atoms with van der Waals surface area (Å²) in [5, 5.41) is 20.6. The van der Waals surface area contributed by atoms with Gasteiger partial charge >= 0.3 is 41.5 Å². The fourth-order valence-corrected chi connectivity index (χ4v) is 2.45. The zero-order valence-corrected chi connectivity index (χ0v) is 17.2. The molecular formula is C16H27NaO7. The maximum atomic E-state index is 11.9. The van der Waals surface area contributed by atoms with E-state index >= 15 is 0 Å². The molecular weight excluding hydrogens is 327 g/mol. The van der Waals surface area contributed by atoms with Gasteiger partial charge in [0.05, 0.1) is 18.6 Å². The number of aliphatic hydroxyl groups is 1. The van der Waals surface area contributed by atoms with Crippen molar-refractivity contribution in [2.24, 2.45) is 11.8 Å². The second-order valence-corrected chi connectivity index (χ2v) is 5.66. The second kappa shape index (κ2) is 13.6. The van der Waals surface area contributed by atoms with Crippen LogP contribution < -0.4 is 34.7 Å². The van der Waals surface area contributed by atoms with Gasteiger partial charge in [-0.1, -0.05) is 6.92 Å². The Bertz CT molecular complexity index is 398. The van der Waals surface area contributed by atoms with Gasteiger partial charge in [-0.25, -0.2) is 0 Å². The Morgan fingerprint density at radius 2 is 1.62 bits per heavy atom. The molecule has 4 unspecified atom stereocenters. The van der Waals surface area contributed by atoms with Crippen LogP contribution in [0.1, 0.15) is 53.4 Å². The minimum Gasteiger partial charge on any atom is -0.550 e. The molecule has 0 radical (unpaired) electrons. The smallest absolute Gasteiger partial charge is 0.550 e. The number of carbonyl (C=O) groups excluding carboxylic acids is 3. The van der Waals surface area contributed by atoms with Crippen molar-refractivity contribution < 1.29 is 63.6 Å². The van der Waals surface area contributed by atoms with Crippen molar-refractivity contribution in [2.45, 2.75) is 65.6 Å². The van der Waals surface area contributed by atoms with Crippen LogP contribution in [0.2, 0.25) is 0 Å². The molecule has 134 valence electrons. The van der Waals surface area contributed by atoms with Crippen molar-refractivity contribution in [3.63, 3.8) is 0 Å². The zero-order chi connectivity index (χ0) is 18.0. The van der Waals surface area contributed by atoms with Crippen molar-refractivity contribution in [2.75, 3.05) is 6.61 Å². The Labute approximate surface area is 165 Å². The van der Waals surface area contributed by atoms with Crippen LogP contribution in [0.5, 0.6) is 0 Å². The van der Waals surface area contributed by atoms with Gasteiger partial charge in [-0.3, -0.25) is 9.59 Å². The van der Waals surface area contributed by atoms with Gasteiger partial charge in [-0.15, -0.1) is 0 Å². The number of ether oxygens (including phenoxy) is 2. The number of aliphatic carboxylic acids is 1. The molecule has 0 fully saturated rings. The average Bonchev–Trinajstić information content (AvgIpc) is 2.42. The van der Waals surface area contributed by atoms with Crippen molar-refractivity contribution in [1.82, 2.24) is 0 Å². The Hall–Kier alpha value is -0.630. The van der Waals surface area contributed by atoms with Gasteiger partial charge in [0.1, 0.15) is 6.10 Å². The Balaban J connectivity index is 0. The topological polar surface area (TPSA) is 113 Å². The van der Waals surface area contributed by atoms with Crippen molar-refractivity contribution >= 4 is 17.9 Å². The summed E-state index contributed by atoms with van der Waals surface area (Å²) >= 11 is 0. The molecule has 4 atom stereocenters. The first-order chi connectivity index (χ1) is 10.7. The number of carbonyl (C=O) groups is 3. The normalized spacial score (nSPS) is 15.4. The number of esters is 2. The summed E-state index contributed by atoms with van der Waals surface area (Å²) in [4.78, 5) is 34.3. The van der Waals surface area contributed by atoms with Crippen LogP contribution in [0.4, 0.5) is 0 Å². The molecule has 0 aliphatic rings. The van der Waals surface area contributed by atoms with Crippen molar-refractivity contribution in [3.05, 3.63) is 0 Å². The molecule has 0 amide bonds. The van der Waals surface area contributed by atoms with Crippen LogP contribution in [-0.2, 0) is 23.9 Å². The van der Waals surface area contributed by atoms with E-state index in [1.807, 2.05) is 0 Å². The maximum Gasteiger partial charge on any atom is 1.00 e. The summed E-state index contributed by atoms with van der Waals surface area (Å²) < 4.78 is 10.1. The van der Waals surface area contributed by atoms with E-state index < -0.39 is 42.0 Å². The van der Waals surface area contributed by atoms with E-state index in [0.717, 1.165) is 0 Å². The Morgan fingerprint density at radius 1 is 1.08 bits per heavy atom. The molecule has 0 saturated carbocycles. The van der Waals surface area contributed by atoms with E-state index in [1.165, 1.54) is 13.8 Å². The summed E-state index contributed by atoms with van der Waals surface area (Å²) in [6.07, 6.45) is -0.910. The van der Waals surface area contributed by atoms with E-state index in [4.69, 9.17) is 9.47 Å². The molecule has 0 aromatic rings. The molecule has 0 rings (SSSR count). The van der Waals surface area contributed by atoms with Crippen LogP contribution in [0, 0.1) is 11.8 Å². The van der Waals surface area contributed by atoms with Crippen molar-refractivity contribution in [1.29, 1.82) is 0 Å². The average molecular weight is 354 g/mol. The third-order valence-corrected chi connectivity index (χ3v) is 3.50. The van der Waals surface area contributed by atoms with E-state index in [-0.39, 0.29) is 55.4 Å². The van der Waals surface area contributed by atoms with Gasteiger partial charge in [0.25, 0.3) is 0 Å². The number of hydrogen-bond acceptors (Lipinski definition) is 7. The van der Waals surface area contributed by atoms with Crippen LogP contribution in [0.3, 0.4) is 0 Å². The van der Waals surface area contributed by atoms with Gasteiger partial charge in [0, 0.05) is 18.8 Å². The molecule has 0 heterocycles. The van der Waals surface area contributed by atoms with Crippen LogP contribution in [-0.4, -0.2) is 41.8 Å². The summed E-state index contributed by atoms with van der Waals surface area (Å²) in [5.74, 6) is -3.70. The zero-order valence-electron chi connectivity index (χ0n) is 15.2. The molecule has 0 bridgehead atoms. The molecule has 0 aliphatic carbocycles. The first-order valence-corrected chi connectivity index (χ1v) is 7.93. The van der Waals surface area contributed by atoms with Gasteiger partial charge in [0.15, 0.2) is 0 Å². The molecule has 7 nitrogen and oxygen atoms in total. The van der Waals surface area contributed by atoms with E-state index in [0.29, 0.717) is 6.42 Å². The third kappa shape index (κ3) is 11.0. The molecule has 1 N–H and O–H groups in total. The quantitative estimate of drug-likeness (QED) is 0.320. The second-order valence-electron chi connectivity index (χ2n) is 5.66. The predicted octanol–water partition coefficient (Wildman–Crippen LogP) is -2.57. The number of carboxylic acids is 1. The standard InChI is InChI=1S/C16H28O7.Na/c1-5-12(16(21)22-6-2)8-14(23-11(4)18)9-13(15(19)20)7-10(3)17;/h10,12-14,17H,5-9H2,1-4H3,(H,19,20);/q;+1/p-1. The molecule has 0 aliphatic heterocycles. The molecule has 0 aromatic heterocycles. The first-order valence-electron chi connectivity index (χ1n) is 7.93. The summed E-state index contributed by atoms with van der Waals surface area (Å²) in [7, 11) is 0. The fraction of sp³-hybridized carbons (Fsp3) is 0.812. The molecule has 0 aromatic carbocycles. The summed E-state index contributed by atoms with van der Waals surface area (Å²) in [5.41, 5.74) is 0. The van der Waals surface area contributed by atoms with Gasteiger partial charge in [-0.2, -0.15) is 0 Å². The first kappa shape index (κ1) is 25.6. The maximum absolute atomic E-state index is 11.9. The number of aliphatic hydroxyl groups excluding tert-OH is 1. The SMILES string of the molecule is CCOC(=O)C(CC)CC(CC(CC(C)O)C(=O)[O-])OC(C)=O.[Na+]. The van der Waals surface area contributed by atoms with E-state index in [1.54, 1.807) is 13.8 Å². The minimum absolute atomic E-state index is 0. The fourth-order valence-electron chi connectivity index (χ4n) is 2.45. The molecule has 0 spiro atoms. The van der Waals surface area contributed by atoms with Gasteiger partial charge in [-0.05, 0) is 39.5 Å². The molecule has 24 heavy (non-hydrogen) atoms. The van der Waals surface area contributed by atoms with Crippen LogP contribution >= 0.6 is 0 Å². The summed E-state index contributed by atoms with van der Waals surface area (Å²) in [6.45, 7) is 6.45. The van der Waals surface area contributed by atoms with Gasteiger partial charge in [0.2, 0.25) is 0 Å². The minimum atomic E-state index is -1.31. The monoisotopic (exact) mass is 354 g/mol. The largest absolute Gasteiger partial charge is 1.00 e. The van der Waals surface area contributed by atoms with Crippen LogP contribution in [0.25, 0.3) is 0 Å². The molecule has 8 heteroatoms. The number of hydrogen-bond donors (Lipinski definition) is 1. The van der Waals surface area contributed by atoms with E-state index in [9.17, 15) is 24.6 Å². The molecule has 0 saturated heterocycles. The van der Waals surface area contributed by atoms with E-state index in [2.05, 4.69) is 0 Å². The van der Waals surface area contributed by atoms with Crippen LogP contribution in [0.15, 0.2) is 0 Å².